The molecule has 0 radical (unpaired) electrons. The minimum Gasteiger partial charge on any atom is -0.339 e. The van der Waals surface area contributed by atoms with Gasteiger partial charge in [0.1, 0.15) is 5.82 Å². The maximum atomic E-state index is 13.6. The fourth-order valence-corrected chi connectivity index (χ4v) is 3.42. The zero-order valence-electron chi connectivity index (χ0n) is 14.4. The lowest BCUT2D eigenvalue weighted by molar-refractivity contribution is 0.0773. The Balaban J connectivity index is 2.29. The number of nitrogens with zero attached hydrogens (tertiary/aromatic N) is 1. The number of benzene rings is 2. The Labute approximate surface area is 147 Å². The van der Waals surface area contributed by atoms with Crippen molar-refractivity contribution in [2.75, 3.05) is 17.8 Å². The summed E-state index contributed by atoms with van der Waals surface area (Å²) in [5.41, 5.74) is 1.00. The molecule has 0 aliphatic carbocycles. The van der Waals surface area contributed by atoms with Crippen molar-refractivity contribution in [2.24, 2.45) is 0 Å². The summed E-state index contributed by atoms with van der Waals surface area (Å²) in [4.78, 5) is 13.8. The van der Waals surface area contributed by atoms with Crippen LogP contribution in [0.3, 0.4) is 0 Å². The summed E-state index contributed by atoms with van der Waals surface area (Å²) < 4.78 is 40.9. The van der Waals surface area contributed by atoms with Gasteiger partial charge in [0, 0.05) is 24.3 Å². The van der Waals surface area contributed by atoms with E-state index in [9.17, 15) is 17.6 Å². The Morgan fingerprint density at radius 1 is 1.12 bits per heavy atom. The molecule has 0 saturated carbocycles. The van der Waals surface area contributed by atoms with E-state index in [0.717, 1.165) is 6.07 Å². The van der Waals surface area contributed by atoms with E-state index in [1.54, 1.807) is 30.0 Å². The number of nitrogens with one attached hydrogen (secondary N) is 1. The van der Waals surface area contributed by atoms with E-state index in [1.807, 2.05) is 13.8 Å². The molecule has 5 nitrogen and oxygen atoms in total. The molecule has 7 heteroatoms. The van der Waals surface area contributed by atoms with Crippen molar-refractivity contribution in [2.45, 2.75) is 25.7 Å². The second-order valence-corrected chi connectivity index (χ2v) is 7.26. The fourth-order valence-electron chi connectivity index (χ4n) is 2.36. The standard InChI is InChI=1S/C18H21FN2O3S/c1-4-21(5-2)18(22)14-7-6-8-15(11-14)20-25(23,24)16-10-9-13(3)17(19)12-16/h6-12,20H,4-5H2,1-3H3. The van der Waals surface area contributed by atoms with Gasteiger partial charge >= 0.3 is 0 Å². The van der Waals surface area contributed by atoms with Crippen LogP contribution in [-0.4, -0.2) is 32.3 Å². The molecule has 2 rings (SSSR count). The Morgan fingerprint density at radius 3 is 2.40 bits per heavy atom. The monoisotopic (exact) mass is 364 g/mol. The van der Waals surface area contributed by atoms with Gasteiger partial charge in [-0.2, -0.15) is 0 Å². The van der Waals surface area contributed by atoms with Crippen molar-refractivity contribution < 1.29 is 17.6 Å². The highest BCUT2D eigenvalue weighted by atomic mass is 32.2. The van der Waals surface area contributed by atoms with Gasteiger partial charge in [0.2, 0.25) is 0 Å². The molecule has 25 heavy (non-hydrogen) atoms. The molecule has 134 valence electrons. The normalized spacial score (nSPS) is 11.2. The first-order valence-corrected chi connectivity index (χ1v) is 9.45. The maximum absolute atomic E-state index is 13.6. The molecule has 0 aliphatic heterocycles. The molecule has 2 aromatic rings. The molecule has 0 heterocycles. The minimum atomic E-state index is -3.94. The number of aryl methyl sites for hydroxylation is 1. The lowest BCUT2D eigenvalue weighted by atomic mass is 10.2. The van der Waals surface area contributed by atoms with Gasteiger partial charge in [-0.15, -0.1) is 0 Å². The quantitative estimate of drug-likeness (QED) is 0.854. The molecule has 1 N–H and O–H groups in total. The van der Waals surface area contributed by atoms with Crippen molar-refractivity contribution >= 4 is 21.6 Å². The molecule has 0 fully saturated rings. The first-order chi connectivity index (χ1) is 11.8. The zero-order chi connectivity index (χ0) is 18.6. The number of hydrogen-bond donors (Lipinski definition) is 1. The van der Waals surface area contributed by atoms with Crippen LogP contribution in [0.4, 0.5) is 10.1 Å². The number of carbonyl (C=O) groups is 1. The van der Waals surface area contributed by atoms with Gasteiger partial charge < -0.3 is 4.90 Å². The summed E-state index contributed by atoms with van der Waals surface area (Å²) in [6.07, 6.45) is 0. The fraction of sp³-hybridized carbons (Fsp3) is 0.278. The Bertz CT molecular complexity index is 878. The highest BCUT2D eigenvalue weighted by Gasteiger charge is 2.17. The molecule has 2 aromatic carbocycles. The number of hydrogen-bond acceptors (Lipinski definition) is 3. The van der Waals surface area contributed by atoms with E-state index in [1.165, 1.54) is 18.2 Å². The van der Waals surface area contributed by atoms with Gasteiger partial charge in [-0.05, 0) is 56.7 Å². The van der Waals surface area contributed by atoms with Gasteiger partial charge in [0.05, 0.1) is 4.90 Å². The van der Waals surface area contributed by atoms with Crippen LogP contribution in [0.1, 0.15) is 29.8 Å². The molecule has 0 atom stereocenters. The van der Waals surface area contributed by atoms with Crippen LogP contribution in [-0.2, 0) is 10.0 Å². The number of anilines is 1. The van der Waals surface area contributed by atoms with Gasteiger partial charge in [-0.3, -0.25) is 9.52 Å². The second-order valence-electron chi connectivity index (χ2n) is 5.57. The third kappa shape index (κ3) is 4.36. The number of amides is 1. The third-order valence-corrected chi connectivity index (χ3v) is 5.24. The number of halogens is 1. The number of rotatable bonds is 6. The molecular formula is C18H21FN2O3S. The van der Waals surface area contributed by atoms with E-state index in [-0.39, 0.29) is 16.5 Å². The predicted octanol–water partition coefficient (Wildman–Crippen LogP) is 3.42. The van der Waals surface area contributed by atoms with Crippen molar-refractivity contribution in [1.29, 1.82) is 0 Å². The average molecular weight is 364 g/mol. The smallest absolute Gasteiger partial charge is 0.261 e. The van der Waals surface area contributed by atoms with E-state index in [2.05, 4.69) is 4.72 Å². The van der Waals surface area contributed by atoms with Crippen molar-refractivity contribution in [3.05, 3.63) is 59.4 Å². The minimum absolute atomic E-state index is 0.170. The van der Waals surface area contributed by atoms with Gasteiger partial charge in [0.15, 0.2) is 0 Å². The third-order valence-electron chi connectivity index (χ3n) is 3.87. The van der Waals surface area contributed by atoms with Crippen LogP contribution in [0.5, 0.6) is 0 Å². The van der Waals surface area contributed by atoms with E-state index < -0.39 is 15.8 Å². The predicted molar refractivity (Wildman–Crippen MR) is 95.6 cm³/mol. The zero-order valence-corrected chi connectivity index (χ0v) is 15.2. The van der Waals surface area contributed by atoms with Crippen LogP contribution in [0.25, 0.3) is 0 Å². The van der Waals surface area contributed by atoms with Crippen molar-refractivity contribution in [3.63, 3.8) is 0 Å². The molecule has 0 aliphatic rings. The number of carbonyl (C=O) groups excluding carboxylic acids is 1. The molecule has 0 saturated heterocycles. The lowest BCUT2D eigenvalue weighted by Gasteiger charge is -2.19. The number of sulfonamides is 1. The van der Waals surface area contributed by atoms with Crippen LogP contribution < -0.4 is 4.72 Å². The average Bonchev–Trinajstić information content (AvgIpc) is 2.58. The summed E-state index contributed by atoms with van der Waals surface area (Å²) in [6, 6.07) is 9.97. The molecule has 0 aromatic heterocycles. The van der Waals surface area contributed by atoms with Crippen LogP contribution in [0.15, 0.2) is 47.4 Å². The lowest BCUT2D eigenvalue weighted by Crippen LogP contribution is -2.30. The first-order valence-electron chi connectivity index (χ1n) is 7.96. The summed E-state index contributed by atoms with van der Waals surface area (Å²) >= 11 is 0. The molecule has 0 spiro atoms. The Hall–Kier alpha value is -2.41. The summed E-state index contributed by atoms with van der Waals surface area (Å²) in [7, 11) is -3.94. The largest absolute Gasteiger partial charge is 0.339 e. The molecule has 1 amide bonds. The molecule has 0 unspecified atom stereocenters. The van der Waals surface area contributed by atoms with Gasteiger partial charge in [0.25, 0.3) is 15.9 Å². The van der Waals surface area contributed by atoms with Crippen LogP contribution in [0.2, 0.25) is 0 Å². The Morgan fingerprint density at radius 2 is 1.80 bits per heavy atom. The van der Waals surface area contributed by atoms with Crippen LogP contribution in [0, 0.1) is 12.7 Å². The topological polar surface area (TPSA) is 66.5 Å². The van der Waals surface area contributed by atoms with Crippen LogP contribution >= 0.6 is 0 Å². The van der Waals surface area contributed by atoms with Crippen molar-refractivity contribution in [3.8, 4) is 0 Å². The van der Waals surface area contributed by atoms with E-state index in [0.29, 0.717) is 24.2 Å². The Kier molecular flexibility index (Phi) is 5.79. The second kappa shape index (κ2) is 7.65. The van der Waals surface area contributed by atoms with Gasteiger partial charge in [-0.1, -0.05) is 12.1 Å². The van der Waals surface area contributed by atoms with E-state index in [4.69, 9.17) is 0 Å². The van der Waals surface area contributed by atoms with E-state index >= 15 is 0 Å². The van der Waals surface area contributed by atoms with Gasteiger partial charge in [-0.25, -0.2) is 12.8 Å². The first kappa shape index (κ1) is 18.9. The summed E-state index contributed by atoms with van der Waals surface area (Å²) in [6.45, 7) is 6.43. The maximum Gasteiger partial charge on any atom is 0.261 e. The highest BCUT2D eigenvalue weighted by molar-refractivity contribution is 7.92. The molecule has 0 bridgehead atoms. The summed E-state index contributed by atoms with van der Waals surface area (Å²) in [5, 5.41) is 0. The molecular weight excluding hydrogens is 343 g/mol. The summed E-state index contributed by atoms with van der Waals surface area (Å²) in [5.74, 6) is -0.763. The highest BCUT2D eigenvalue weighted by Crippen LogP contribution is 2.20. The SMILES string of the molecule is CCN(CC)C(=O)c1cccc(NS(=O)(=O)c2ccc(C)c(F)c2)c1. The van der Waals surface area contributed by atoms with Crippen molar-refractivity contribution in [1.82, 2.24) is 4.90 Å².